The van der Waals surface area contributed by atoms with Gasteiger partial charge in [0.2, 0.25) is 0 Å². The minimum atomic E-state index is -0.583. The quantitative estimate of drug-likeness (QED) is 0.435. The van der Waals surface area contributed by atoms with Crippen molar-refractivity contribution in [2.24, 2.45) is 0 Å². The van der Waals surface area contributed by atoms with Gasteiger partial charge < -0.3 is 9.59 Å². The summed E-state index contributed by atoms with van der Waals surface area (Å²) in [5.74, 6) is 0. The Labute approximate surface area is 57.7 Å². The Morgan fingerprint density at radius 1 is 1.33 bits per heavy atom. The van der Waals surface area contributed by atoms with E-state index in [4.69, 9.17) is 0 Å². The molecular formula is C7H18NO+. The molecule has 1 N–H and O–H groups in total. The van der Waals surface area contributed by atoms with Crippen LogP contribution in [0.1, 0.15) is 20.3 Å². The molecule has 0 aromatic carbocycles. The number of aliphatic hydroxyl groups is 1. The maximum atomic E-state index is 9.63. The third-order valence-corrected chi connectivity index (χ3v) is 2.11. The normalized spacial score (nSPS) is 19.3. The highest BCUT2D eigenvalue weighted by Crippen LogP contribution is 2.17. The van der Waals surface area contributed by atoms with Crippen molar-refractivity contribution >= 4 is 0 Å². The molecule has 0 radical (unpaired) electrons. The van der Waals surface area contributed by atoms with Crippen LogP contribution in [-0.2, 0) is 0 Å². The van der Waals surface area contributed by atoms with Crippen molar-refractivity contribution in [3.63, 3.8) is 0 Å². The fourth-order valence-corrected chi connectivity index (χ4v) is 0.474. The van der Waals surface area contributed by atoms with E-state index < -0.39 is 5.72 Å². The Morgan fingerprint density at radius 2 is 1.67 bits per heavy atom. The van der Waals surface area contributed by atoms with Crippen LogP contribution in [0, 0.1) is 0 Å². The molecule has 0 saturated carbocycles. The fourth-order valence-electron chi connectivity index (χ4n) is 0.474. The van der Waals surface area contributed by atoms with Gasteiger partial charge >= 0.3 is 0 Å². The van der Waals surface area contributed by atoms with Gasteiger partial charge in [0, 0.05) is 13.3 Å². The molecule has 2 heteroatoms. The summed E-state index contributed by atoms with van der Waals surface area (Å²) in [6.45, 7) is 3.84. The zero-order valence-corrected chi connectivity index (χ0v) is 7.10. The van der Waals surface area contributed by atoms with Crippen LogP contribution in [0.5, 0.6) is 0 Å². The summed E-state index contributed by atoms with van der Waals surface area (Å²) in [7, 11) is 5.97. The van der Waals surface area contributed by atoms with Crippen molar-refractivity contribution in [3.8, 4) is 0 Å². The van der Waals surface area contributed by atoms with Crippen LogP contribution in [0.25, 0.3) is 0 Å². The Morgan fingerprint density at radius 3 is 1.67 bits per heavy atom. The molecule has 0 aromatic rings. The summed E-state index contributed by atoms with van der Waals surface area (Å²) in [5.41, 5.74) is -0.583. The van der Waals surface area contributed by atoms with Gasteiger partial charge in [0.05, 0.1) is 21.1 Å². The molecule has 1 atom stereocenters. The first kappa shape index (κ1) is 8.92. The molecule has 0 aliphatic carbocycles. The summed E-state index contributed by atoms with van der Waals surface area (Å²) in [4.78, 5) is 0. The van der Waals surface area contributed by atoms with E-state index in [-0.39, 0.29) is 0 Å². The molecule has 0 aliphatic heterocycles. The van der Waals surface area contributed by atoms with E-state index >= 15 is 0 Å². The second-order valence-corrected chi connectivity index (χ2v) is 3.58. The predicted octanol–water partition coefficient (Wildman–Crippen LogP) is 0.811. The van der Waals surface area contributed by atoms with Crippen LogP contribution in [-0.4, -0.2) is 36.5 Å². The average molecular weight is 132 g/mol. The first-order chi connectivity index (χ1) is 3.81. The third kappa shape index (κ3) is 1.95. The topological polar surface area (TPSA) is 20.2 Å². The SMILES string of the molecule is CCC(C)(O)[N+](C)(C)C. The molecule has 0 bridgehead atoms. The molecule has 0 aromatic heterocycles. The lowest BCUT2D eigenvalue weighted by Gasteiger charge is -2.38. The van der Waals surface area contributed by atoms with Crippen LogP contribution in [0.2, 0.25) is 0 Å². The van der Waals surface area contributed by atoms with Crippen molar-refractivity contribution < 1.29 is 9.59 Å². The number of rotatable bonds is 2. The van der Waals surface area contributed by atoms with E-state index in [9.17, 15) is 5.11 Å². The summed E-state index contributed by atoms with van der Waals surface area (Å²) >= 11 is 0. The maximum Gasteiger partial charge on any atom is 0.196 e. The summed E-state index contributed by atoms with van der Waals surface area (Å²) in [6.07, 6.45) is 0.788. The van der Waals surface area contributed by atoms with E-state index in [1.165, 1.54) is 0 Å². The zero-order valence-electron chi connectivity index (χ0n) is 7.10. The summed E-state index contributed by atoms with van der Waals surface area (Å²) < 4.78 is 0.601. The van der Waals surface area contributed by atoms with E-state index in [0.717, 1.165) is 6.42 Å². The van der Waals surface area contributed by atoms with Crippen LogP contribution in [0.4, 0.5) is 0 Å². The average Bonchev–Trinajstić information content (AvgIpc) is 1.64. The zero-order chi connectivity index (χ0) is 7.71. The summed E-state index contributed by atoms with van der Waals surface area (Å²) in [5, 5.41) is 9.63. The van der Waals surface area contributed by atoms with Gasteiger partial charge in [0.15, 0.2) is 5.72 Å². The highest BCUT2D eigenvalue weighted by Gasteiger charge is 2.32. The van der Waals surface area contributed by atoms with E-state index in [0.29, 0.717) is 4.48 Å². The van der Waals surface area contributed by atoms with E-state index in [2.05, 4.69) is 0 Å². The van der Waals surface area contributed by atoms with Crippen molar-refractivity contribution in [3.05, 3.63) is 0 Å². The minimum Gasteiger partial charge on any atom is -0.343 e. The maximum absolute atomic E-state index is 9.63. The highest BCUT2D eigenvalue weighted by atomic mass is 16.3. The molecule has 2 nitrogen and oxygen atoms in total. The van der Waals surface area contributed by atoms with Gasteiger partial charge in [-0.3, -0.25) is 0 Å². The molecule has 0 heterocycles. The lowest BCUT2D eigenvalue weighted by atomic mass is 10.1. The second kappa shape index (κ2) is 2.27. The van der Waals surface area contributed by atoms with Crippen LogP contribution in [0.3, 0.4) is 0 Å². The monoisotopic (exact) mass is 132 g/mol. The molecule has 0 aliphatic rings. The smallest absolute Gasteiger partial charge is 0.196 e. The first-order valence-electron chi connectivity index (χ1n) is 3.35. The van der Waals surface area contributed by atoms with Gasteiger partial charge in [0.1, 0.15) is 0 Å². The molecule has 56 valence electrons. The van der Waals surface area contributed by atoms with Gasteiger partial charge in [-0.15, -0.1) is 0 Å². The van der Waals surface area contributed by atoms with Gasteiger partial charge in [-0.2, -0.15) is 0 Å². The van der Waals surface area contributed by atoms with Gasteiger partial charge in [-0.1, -0.05) is 6.92 Å². The largest absolute Gasteiger partial charge is 0.343 e. The molecule has 9 heavy (non-hydrogen) atoms. The first-order valence-corrected chi connectivity index (χ1v) is 3.35. The Balaban J connectivity index is 4.14. The molecule has 0 spiro atoms. The number of nitrogens with zero attached hydrogens (tertiary/aromatic N) is 1. The van der Waals surface area contributed by atoms with Crippen LogP contribution >= 0.6 is 0 Å². The lowest BCUT2D eigenvalue weighted by Crippen LogP contribution is -2.54. The van der Waals surface area contributed by atoms with Crippen molar-refractivity contribution in [2.75, 3.05) is 21.1 Å². The fraction of sp³-hybridized carbons (Fsp3) is 1.00. The standard InChI is InChI=1S/C7H18NO/c1-6-7(2,9)8(3,4)5/h9H,6H2,1-5H3/q+1. The van der Waals surface area contributed by atoms with E-state index in [1.54, 1.807) is 0 Å². The highest BCUT2D eigenvalue weighted by molar-refractivity contribution is 4.54. The Hall–Kier alpha value is -0.0800. The predicted molar refractivity (Wildman–Crippen MR) is 38.9 cm³/mol. The van der Waals surface area contributed by atoms with Gasteiger partial charge in [0.25, 0.3) is 0 Å². The van der Waals surface area contributed by atoms with Crippen LogP contribution < -0.4 is 0 Å². The van der Waals surface area contributed by atoms with E-state index in [1.807, 2.05) is 35.0 Å². The molecule has 0 saturated heterocycles. The van der Waals surface area contributed by atoms with Crippen molar-refractivity contribution in [1.29, 1.82) is 0 Å². The van der Waals surface area contributed by atoms with Gasteiger partial charge in [-0.25, -0.2) is 0 Å². The second-order valence-electron chi connectivity index (χ2n) is 3.58. The Kier molecular flexibility index (Phi) is 2.25. The third-order valence-electron chi connectivity index (χ3n) is 2.11. The lowest BCUT2D eigenvalue weighted by molar-refractivity contribution is -0.948. The van der Waals surface area contributed by atoms with Gasteiger partial charge in [-0.05, 0) is 0 Å². The summed E-state index contributed by atoms with van der Waals surface area (Å²) in [6, 6.07) is 0. The molecule has 0 amide bonds. The molecule has 0 fully saturated rings. The minimum absolute atomic E-state index is 0.583. The number of quaternary nitrogens is 1. The van der Waals surface area contributed by atoms with Crippen molar-refractivity contribution in [1.82, 2.24) is 0 Å². The molecule has 1 unspecified atom stereocenters. The molecule has 0 rings (SSSR count). The number of hydrogen-bond donors (Lipinski definition) is 1. The number of hydrogen-bond acceptors (Lipinski definition) is 1. The van der Waals surface area contributed by atoms with Crippen LogP contribution in [0.15, 0.2) is 0 Å². The Bertz CT molecular complexity index is 91.6. The molecular weight excluding hydrogens is 114 g/mol. The van der Waals surface area contributed by atoms with Crippen molar-refractivity contribution in [2.45, 2.75) is 26.0 Å².